The van der Waals surface area contributed by atoms with Crippen LogP contribution >= 0.6 is 15.9 Å². The zero-order valence-electron chi connectivity index (χ0n) is 12.9. The number of imide groups is 1. The minimum Gasteiger partial charge on any atom is -0.368 e. The van der Waals surface area contributed by atoms with Crippen LogP contribution < -0.4 is 10.6 Å². The third-order valence-corrected chi connectivity index (χ3v) is 5.44. The van der Waals surface area contributed by atoms with Gasteiger partial charge in [-0.05, 0) is 37.7 Å². The summed E-state index contributed by atoms with van der Waals surface area (Å²) in [5.41, 5.74) is 6.03. The second-order valence-electron chi connectivity index (χ2n) is 6.03. The summed E-state index contributed by atoms with van der Waals surface area (Å²) in [6.45, 7) is 1.95. The average Bonchev–Trinajstić information content (AvgIpc) is 2.93. The molecule has 3 amide bonds. The van der Waals surface area contributed by atoms with Gasteiger partial charge in [0.1, 0.15) is 6.04 Å². The fourth-order valence-corrected chi connectivity index (χ4v) is 4.19. The van der Waals surface area contributed by atoms with E-state index in [0.29, 0.717) is 12.1 Å². The van der Waals surface area contributed by atoms with E-state index in [1.54, 1.807) is 36.2 Å². The van der Waals surface area contributed by atoms with Crippen molar-refractivity contribution in [1.82, 2.24) is 4.90 Å². The predicted octanol–water partition coefficient (Wildman–Crippen LogP) is 1.13. The molecule has 122 valence electrons. The normalized spacial score (nSPS) is 30.8. The Morgan fingerprint density at radius 3 is 2.26 bits per heavy atom. The summed E-state index contributed by atoms with van der Waals surface area (Å²) in [4.78, 5) is 40.6. The van der Waals surface area contributed by atoms with Crippen molar-refractivity contribution in [3.05, 3.63) is 28.7 Å². The third kappa shape index (κ3) is 2.30. The molecule has 2 N–H and O–H groups in total. The number of benzene rings is 1. The van der Waals surface area contributed by atoms with Crippen LogP contribution in [-0.2, 0) is 14.4 Å². The lowest BCUT2D eigenvalue weighted by Crippen LogP contribution is -2.48. The molecule has 2 heterocycles. The van der Waals surface area contributed by atoms with Crippen LogP contribution in [0.5, 0.6) is 0 Å². The highest BCUT2D eigenvalue weighted by Gasteiger charge is 2.62. The van der Waals surface area contributed by atoms with Gasteiger partial charge in [-0.1, -0.05) is 22.9 Å². The van der Waals surface area contributed by atoms with Gasteiger partial charge in [0.05, 0.1) is 17.5 Å². The Hall–Kier alpha value is -1.73. The quantitative estimate of drug-likeness (QED) is 0.797. The number of anilines is 1. The minimum absolute atomic E-state index is 0.158. The first kappa shape index (κ1) is 16.1. The molecule has 23 heavy (non-hydrogen) atoms. The second kappa shape index (κ2) is 5.72. The number of fused-ring (bicyclic) bond motifs is 1. The molecule has 6 nitrogen and oxygen atoms in total. The number of hydrogen-bond donors (Lipinski definition) is 1. The predicted molar refractivity (Wildman–Crippen MR) is 88.4 cm³/mol. The lowest BCUT2D eigenvalue weighted by molar-refractivity contribution is -0.129. The first-order valence-corrected chi connectivity index (χ1v) is 8.32. The van der Waals surface area contributed by atoms with E-state index in [1.807, 2.05) is 6.92 Å². The SMILES string of the molecule is CC[C@@H]1[C@@H]2C(=O)N(c3ccc(Br)cc3)C(=O)[C@@H]2[C@@H](C(N)=O)N1C. The number of rotatable bonds is 3. The topological polar surface area (TPSA) is 83.7 Å². The molecule has 0 saturated carbocycles. The summed E-state index contributed by atoms with van der Waals surface area (Å²) in [7, 11) is 1.76. The van der Waals surface area contributed by atoms with Crippen LogP contribution in [0.4, 0.5) is 5.69 Å². The molecule has 0 spiro atoms. The standard InChI is InChI=1S/C16H18BrN3O3/c1-3-10-11-12(13(14(18)21)19(10)2)16(23)20(15(11)22)9-6-4-8(17)5-7-9/h4-7,10-13H,3H2,1-2H3,(H2,18,21)/t10-,11+,12+,13+/m1/s1. The molecule has 2 aliphatic rings. The fourth-order valence-electron chi connectivity index (χ4n) is 3.93. The van der Waals surface area contributed by atoms with Crippen LogP contribution in [0.2, 0.25) is 0 Å². The second-order valence-corrected chi connectivity index (χ2v) is 6.94. The van der Waals surface area contributed by atoms with Gasteiger partial charge in [0.25, 0.3) is 0 Å². The summed E-state index contributed by atoms with van der Waals surface area (Å²) in [5, 5.41) is 0. The maximum Gasteiger partial charge on any atom is 0.239 e. The maximum atomic E-state index is 12.9. The van der Waals surface area contributed by atoms with E-state index in [1.165, 1.54) is 4.90 Å². The molecule has 2 fully saturated rings. The molecular weight excluding hydrogens is 362 g/mol. The number of nitrogens with two attached hydrogens (primary N) is 1. The summed E-state index contributed by atoms with van der Waals surface area (Å²) in [5.74, 6) is -2.35. The Bertz CT molecular complexity index is 676. The van der Waals surface area contributed by atoms with Crippen molar-refractivity contribution >= 4 is 39.3 Å². The highest BCUT2D eigenvalue weighted by atomic mass is 79.9. The zero-order valence-corrected chi connectivity index (χ0v) is 14.5. The van der Waals surface area contributed by atoms with Gasteiger partial charge in [0.2, 0.25) is 17.7 Å². The van der Waals surface area contributed by atoms with Crippen molar-refractivity contribution in [2.24, 2.45) is 17.6 Å². The van der Waals surface area contributed by atoms with E-state index in [-0.39, 0.29) is 17.9 Å². The first-order chi connectivity index (χ1) is 10.9. The molecule has 3 rings (SSSR count). The Kier molecular flexibility index (Phi) is 4.01. The fraction of sp³-hybridized carbons (Fsp3) is 0.438. The molecule has 4 atom stereocenters. The summed E-state index contributed by atoms with van der Waals surface area (Å²) < 4.78 is 0.863. The summed E-state index contributed by atoms with van der Waals surface area (Å²) in [6, 6.07) is 6.09. The molecule has 1 aromatic carbocycles. The number of nitrogens with zero attached hydrogens (tertiary/aromatic N) is 2. The van der Waals surface area contributed by atoms with Crippen molar-refractivity contribution in [2.75, 3.05) is 11.9 Å². The highest BCUT2D eigenvalue weighted by Crippen LogP contribution is 2.44. The molecule has 0 aliphatic carbocycles. The molecular formula is C16H18BrN3O3. The van der Waals surface area contributed by atoms with Gasteiger partial charge >= 0.3 is 0 Å². The third-order valence-electron chi connectivity index (χ3n) is 4.91. The van der Waals surface area contributed by atoms with Crippen molar-refractivity contribution in [3.8, 4) is 0 Å². The number of likely N-dealkylation sites (tertiary alicyclic amines) is 1. The molecule has 2 aliphatic heterocycles. The smallest absolute Gasteiger partial charge is 0.239 e. The highest BCUT2D eigenvalue weighted by molar-refractivity contribution is 9.10. The average molecular weight is 380 g/mol. The van der Waals surface area contributed by atoms with E-state index >= 15 is 0 Å². The van der Waals surface area contributed by atoms with E-state index in [0.717, 1.165) is 4.47 Å². The Labute approximate surface area is 142 Å². The van der Waals surface area contributed by atoms with Crippen molar-refractivity contribution in [3.63, 3.8) is 0 Å². The number of hydrogen-bond acceptors (Lipinski definition) is 4. The van der Waals surface area contributed by atoms with E-state index in [4.69, 9.17) is 5.73 Å². The lowest BCUT2D eigenvalue weighted by atomic mass is 9.88. The van der Waals surface area contributed by atoms with Gasteiger partial charge in [-0.2, -0.15) is 0 Å². The summed E-state index contributed by atoms with van der Waals surface area (Å²) >= 11 is 3.33. The molecule has 0 bridgehead atoms. The minimum atomic E-state index is -0.734. The van der Waals surface area contributed by atoms with Crippen LogP contribution in [0, 0.1) is 11.8 Å². The molecule has 0 unspecified atom stereocenters. The number of halogens is 1. The van der Waals surface area contributed by atoms with Crippen LogP contribution in [0.25, 0.3) is 0 Å². The lowest BCUT2D eigenvalue weighted by Gasteiger charge is -2.27. The first-order valence-electron chi connectivity index (χ1n) is 7.53. The van der Waals surface area contributed by atoms with E-state index < -0.39 is 23.8 Å². The zero-order chi connectivity index (χ0) is 16.9. The van der Waals surface area contributed by atoms with Gasteiger partial charge < -0.3 is 5.73 Å². The van der Waals surface area contributed by atoms with Crippen LogP contribution in [-0.4, -0.2) is 41.8 Å². The van der Waals surface area contributed by atoms with Crippen LogP contribution in [0.1, 0.15) is 13.3 Å². The number of carbonyl (C=O) groups is 3. The monoisotopic (exact) mass is 379 g/mol. The van der Waals surface area contributed by atoms with Gasteiger partial charge in [0, 0.05) is 10.5 Å². The number of primary amides is 1. The number of likely N-dealkylation sites (N-methyl/N-ethyl adjacent to an activating group) is 1. The molecule has 0 aromatic heterocycles. The Morgan fingerprint density at radius 2 is 1.74 bits per heavy atom. The summed E-state index contributed by atoms with van der Waals surface area (Å²) in [6.07, 6.45) is 0.675. The van der Waals surface area contributed by atoms with Crippen molar-refractivity contribution < 1.29 is 14.4 Å². The van der Waals surface area contributed by atoms with Crippen LogP contribution in [0.3, 0.4) is 0 Å². The Morgan fingerprint density at radius 1 is 1.17 bits per heavy atom. The van der Waals surface area contributed by atoms with E-state index in [9.17, 15) is 14.4 Å². The Balaban J connectivity index is 2.03. The van der Waals surface area contributed by atoms with Crippen molar-refractivity contribution in [2.45, 2.75) is 25.4 Å². The number of amides is 3. The maximum absolute atomic E-state index is 12.9. The van der Waals surface area contributed by atoms with Crippen molar-refractivity contribution in [1.29, 1.82) is 0 Å². The molecule has 0 radical (unpaired) electrons. The molecule has 2 saturated heterocycles. The largest absolute Gasteiger partial charge is 0.368 e. The van der Waals surface area contributed by atoms with Gasteiger partial charge in [-0.3, -0.25) is 19.3 Å². The van der Waals surface area contributed by atoms with E-state index in [2.05, 4.69) is 15.9 Å². The van der Waals surface area contributed by atoms with Crippen LogP contribution in [0.15, 0.2) is 28.7 Å². The molecule has 7 heteroatoms. The molecule has 1 aromatic rings. The van der Waals surface area contributed by atoms with Gasteiger partial charge in [-0.15, -0.1) is 0 Å². The van der Waals surface area contributed by atoms with Gasteiger partial charge in [-0.25, -0.2) is 4.90 Å². The van der Waals surface area contributed by atoms with Gasteiger partial charge in [0.15, 0.2) is 0 Å². The number of carbonyl (C=O) groups excluding carboxylic acids is 3.